The molecule has 1 heterocycles. The van der Waals surface area contributed by atoms with Crippen LogP contribution in [0.1, 0.15) is 39.0 Å². The van der Waals surface area contributed by atoms with Crippen molar-refractivity contribution in [3.63, 3.8) is 0 Å². The fourth-order valence-corrected chi connectivity index (χ4v) is 4.34. The Hall–Kier alpha value is -2.46. The number of hydrogen-bond acceptors (Lipinski definition) is 6. The number of hydrogen-bond donors (Lipinski definition) is 2. The lowest BCUT2D eigenvalue weighted by atomic mass is 10.1. The van der Waals surface area contributed by atoms with Crippen LogP contribution in [0, 0.1) is 5.92 Å². The Morgan fingerprint density at radius 3 is 2.62 bits per heavy atom. The zero-order chi connectivity index (χ0) is 21.2. The third-order valence-electron chi connectivity index (χ3n) is 5.35. The van der Waals surface area contributed by atoms with E-state index < -0.39 is 33.9 Å². The Kier molecular flexibility index (Phi) is 6.23. The molecule has 1 saturated carbocycles. The highest BCUT2D eigenvalue weighted by Gasteiger charge is 2.40. The van der Waals surface area contributed by atoms with Crippen molar-refractivity contribution in [2.24, 2.45) is 11.1 Å². The van der Waals surface area contributed by atoms with Crippen molar-refractivity contribution in [3.05, 3.63) is 24.3 Å². The molecule has 1 aliphatic carbocycles. The van der Waals surface area contributed by atoms with Gasteiger partial charge < -0.3 is 15.0 Å². The van der Waals surface area contributed by atoms with Crippen LogP contribution in [0.3, 0.4) is 0 Å². The first kappa shape index (κ1) is 21.3. The highest BCUT2D eigenvalue weighted by Crippen LogP contribution is 2.30. The standard InChI is InChI=1S/C19H25N3O6S/c1-12(18(24)21-14-5-4-8-16(10-14)29(20,26)27)28-19(25)13-9-17(23)22(11-13)15-6-2-3-7-15/h4-5,8,10,12-13,15H,2-3,6-7,9,11H2,1H3,(H,21,24)(H2,20,26,27)/t12-,13-/m0/s1. The van der Waals surface area contributed by atoms with Gasteiger partial charge in [-0.2, -0.15) is 0 Å². The smallest absolute Gasteiger partial charge is 0.312 e. The van der Waals surface area contributed by atoms with Gasteiger partial charge in [-0.05, 0) is 38.0 Å². The van der Waals surface area contributed by atoms with E-state index in [1.165, 1.54) is 31.2 Å². The van der Waals surface area contributed by atoms with E-state index in [-0.39, 0.29) is 29.0 Å². The summed E-state index contributed by atoms with van der Waals surface area (Å²) in [5.74, 6) is -1.82. The average molecular weight is 423 g/mol. The predicted molar refractivity (Wildman–Crippen MR) is 104 cm³/mol. The number of amides is 2. The number of sulfonamides is 1. The van der Waals surface area contributed by atoms with Crippen LogP contribution in [0.5, 0.6) is 0 Å². The quantitative estimate of drug-likeness (QED) is 0.655. The number of ether oxygens (including phenoxy) is 1. The van der Waals surface area contributed by atoms with Gasteiger partial charge in [0.1, 0.15) is 0 Å². The van der Waals surface area contributed by atoms with Gasteiger partial charge in [0, 0.05) is 24.7 Å². The first-order valence-corrected chi connectivity index (χ1v) is 11.1. The molecule has 10 heteroatoms. The number of benzene rings is 1. The van der Waals surface area contributed by atoms with E-state index in [0.717, 1.165) is 25.7 Å². The van der Waals surface area contributed by atoms with E-state index in [1.807, 2.05) is 0 Å². The number of nitrogens with zero attached hydrogens (tertiary/aromatic N) is 1. The molecule has 0 unspecified atom stereocenters. The molecule has 9 nitrogen and oxygen atoms in total. The molecule has 0 spiro atoms. The first-order chi connectivity index (χ1) is 13.6. The number of nitrogens with two attached hydrogens (primary N) is 1. The van der Waals surface area contributed by atoms with Gasteiger partial charge in [-0.1, -0.05) is 18.9 Å². The number of nitrogens with one attached hydrogen (secondary N) is 1. The van der Waals surface area contributed by atoms with Gasteiger partial charge in [0.15, 0.2) is 6.10 Å². The second kappa shape index (κ2) is 8.50. The minimum Gasteiger partial charge on any atom is -0.452 e. The topological polar surface area (TPSA) is 136 Å². The summed E-state index contributed by atoms with van der Waals surface area (Å²) in [6.07, 6.45) is 3.10. The maximum absolute atomic E-state index is 12.4. The van der Waals surface area contributed by atoms with Gasteiger partial charge in [-0.25, -0.2) is 13.6 Å². The van der Waals surface area contributed by atoms with Crippen molar-refractivity contribution >= 4 is 33.5 Å². The van der Waals surface area contributed by atoms with E-state index in [1.54, 1.807) is 4.90 Å². The molecule has 1 aliphatic heterocycles. The molecule has 29 heavy (non-hydrogen) atoms. The van der Waals surface area contributed by atoms with Crippen molar-refractivity contribution in [3.8, 4) is 0 Å². The summed E-state index contributed by atoms with van der Waals surface area (Å²) < 4.78 is 28.1. The van der Waals surface area contributed by atoms with Crippen molar-refractivity contribution in [1.82, 2.24) is 4.90 Å². The number of anilines is 1. The zero-order valence-electron chi connectivity index (χ0n) is 16.2. The number of esters is 1. The van der Waals surface area contributed by atoms with E-state index in [4.69, 9.17) is 9.88 Å². The van der Waals surface area contributed by atoms with Crippen molar-refractivity contribution < 1.29 is 27.5 Å². The fourth-order valence-electron chi connectivity index (χ4n) is 3.78. The third-order valence-corrected chi connectivity index (χ3v) is 6.26. The maximum atomic E-state index is 12.4. The van der Waals surface area contributed by atoms with Crippen LogP contribution < -0.4 is 10.5 Å². The second-order valence-corrected chi connectivity index (χ2v) is 9.09. The molecule has 2 atom stereocenters. The zero-order valence-corrected chi connectivity index (χ0v) is 17.0. The molecule has 158 valence electrons. The van der Waals surface area contributed by atoms with Crippen LogP contribution in [0.2, 0.25) is 0 Å². The predicted octanol–water partition coefficient (Wildman–Crippen LogP) is 0.995. The van der Waals surface area contributed by atoms with Crippen molar-refractivity contribution in [1.29, 1.82) is 0 Å². The lowest BCUT2D eigenvalue weighted by Gasteiger charge is -2.24. The summed E-state index contributed by atoms with van der Waals surface area (Å²) in [4.78, 5) is 38.6. The number of primary sulfonamides is 1. The Morgan fingerprint density at radius 1 is 1.28 bits per heavy atom. The number of rotatable bonds is 6. The largest absolute Gasteiger partial charge is 0.452 e. The van der Waals surface area contributed by atoms with Gasteiger partial charge in [0.2, 0.25) is 15.9 Å². The van der Waals surface area contributed by atoms with E-state index in [9.17, 15) is 22.8 Å². The number of carbonyl (C=O) groups excluding carboxylic acids is 3. The van der Waals surface area contributed by atoms with Gasteiger partial charge in [-0.3, -0.25) is 14.4 Å². The Morgan fingerprint density at radius 2 is 1.97 bits per heavy atom. The molecule has 1 aromatic carbocycles. The van der Waals surface area contributed by atoms with E-state index in [0.29, 0.717) is 6.54 Å². The summed E-state index contributed by atoms with van der Waals surface area (Å²) in [6.45, 7) is 1.75. The summed E-state index contributed by atoms with van der Waals surface area (Å²) in [5, 5.41) is 7.58. The van der Waals surface area contributed by atoms with E-state index in [2.05, 4.69) is 5.32 Å². The third kappa shape index (κ3) is 5.13. The average Bonchev–Trinajstić information content (AvgIpc) is 3.30. The molecule has 2 aliphatic rings. The summed E-state index contributed by atoms with van der Waals surface area (Å²) in [7, 11) is -3.90. The Labute approximate surface area is 169 Å². The summed E-state index contributed by atoms with van der Waals surface area (Å²) >= 11 is 0. The van der Waals surface area contributed by atoms with Crippen LogP contribution in [0.25, 0.3) is 0 Å². The Bertz CT molecular complexity index is 910. The SMILES string of the molecule is C[C@H](OC(=O)[C@H]1CC(=O)N(C2CCCC2)C1)C(=O)Nc1cccc(S(N)(=O)=O)c1. The molecule has 2 fully saturated rings. The fraction of sp³-hybridized carbons (Fsp3) is 0.526. The molecule has 2 amide bonds. The molecule has 0 radical (unpaired) electrons. The second-order valence-electron chi connectivity index (χ2n) is 7.53. The van der Waals surface area contributed by atoms with Crippen LogP contribution in [0.4, 0.5) is 5.69 Å². The monoisotopic (exact) mass is 423 g/mol. The van der Waals surface area contributed by atoms with Gasteiger partial charge in [0.05, 0.1) is 10.8 Å². The highest BCUT2D eigenvalue weighted by molar-refractivity contribution is 7.89. The van der Waals surface area contributed by atoms with Gasteiger partial charge in [0.25, 0.3) is 5.91 Å². The van der Waals surface area contributed by atoms with Crippen LogP contribution in [0.15, 0.2) is 29.2 Å². The molecular formula is C19H25N3O6S. The minimum absolute atomic E-state index is 0.0456. The first-order valence-electron chi connectivity index (χ1n) is 9.59. The number of carbonyl (C=O) groups is 3. The molecule has 3 rings (SSSR count). The molecule has 0 aromatic heterocycles. The molecule has 1 aromatic rings. The normalized spacial score (nSPS) is 21.2. The molecule has 3 N–H and O–H groups in total. The van der Waals surface area contributed by atoms with Crippen LogP contribution >= 0.6 is 0 Å². The molecule has 0 bridgehead atoms. The lowest BCUT2D eigenvalue weighted by molar-refractivity contribution is -0.157. The minimum atomic E-state index is -3.90. The molecular weight excluding hydrogens is 398 g/mol. The van der Waals surface area contributed by atoms with Crippen LogP contribution in [-0.2, 0) is 29.1 Å². The van der Waals surface area contributed by atoms with Crippen LogP contribution in [-0.4, -0.2) is 49.8 Å². The molecule has 1 saturated heterocycles. The maximum Gasteiger partial charge on any atom is 0.312 e. The number of likely N-dealkylation sites (tertiary alicyclic amines) is 1. The summed E-state index contributed by atoms with van der Waals surface area (Å²) in [6, 6.07) is 5.66. The van der Waals surface area contributed by atoms with Crippen molar-refractivity contribution in [2.45, 2.75) is 56.1 Å². The summed E-state index contributed by atoms with van der Waals surface area (Å²) in [5.41, 5.74) is 0.216. The van der Waals surface area contributed by atoms with E-state index >= 15 is 0 Å². The van der Waals surface area contributed by atoms with Crippen molar-refractivity contribution in [2.75, 3.05) is 11.9 Å². The Balaban J connectivity index is 1.56. The highest BCUT2D eigenvalue weighted by atomic mass is 32.2. The van der Waals surface area contributed by atoms with Gasteiger partial charge in [-0.15, -0.1) is 0 Å². The lowest BCUT2D eigenvalue weighted by Crippen LogP contribution is -2.36. The van der Waals surface area contributed by atoms with Gasteiger partial charge >= 0.3 is 5.97 Å².